The Morgan fingerprint density at radius 1 is 1.33 bits per heavy atom. The molecule has 0 aromatic heterocycles. The highest BCUT2D eigenvalue weighted by Gasteiger charge is 2.09. The van der Waals surface area contributed by atoms with Gasteiger partial charge in [-0.3, -0.25) is 4.79 Å². The molecular formula is C14H19F2NO. The van der Waals surface area contributed by atoms with E-state index in [1.165, 1.54) is 0 Å². The number of carbonyl (C=O) groups is 1. The summed E-state index contributed by atoms with van der Waals surface area (Å²) in [6, 6.07) is 3.58. The highest BCUT2D eigenvalue weighted by atomic mass is 19.1. The van der Waals surface area contributed by atoms with E-state index in [9.17, 15) is 13.6 Å². The van der Waals surface area contributed by atoms with E-state index in [2.05, 4.69) is 5.32 Å². The van der Waals surface area contributed by atoms with E-state index in [-0.39, 0.29) is 17.8 Å². The van der Waals surface area contributed by atoms with Crippen molar-refractivity contribution >= 4 is 5.78 Å². The maximum atomic E-state index is 13.3. The quantitative estimate of drug-likeness (QED) is 0.759. The molecule has 0 fully saturated rings. The van der Waals surface area contributed by atoms with Crippen LogP contribution in [0.5, 0.6) is 0 Å². The van der Waals surface area contributed by atoms with E-state index < -0.39 is 11.6 Å². The number of hydrogen-bond acceptors (Lipinski definition) is 2. The Hall–Kier alpha value is -1.29. The van der Waals surface area contributed by atoms with Gasteiger partial charge in [-0.15, -0.1) is 0 Å². The van der Waals surface area contributed by atoms with Crippen LogP contribution >= 0.6 is 0 Å². The lowest BCUT2D eigenvalue weighted by molar-refractivity contribution is -0.118. The van der Waals surface area contributed by atoms with Gasteiger partial charge < -0.3 is 5.32 Å². The number of carbonyl (C=O) groups excluding carboxylic acids is 1. The van der Waals surface area contributed by atoms with Crippen LogP contribution in [0.15, 0.2) is 18.2 Å². The van der Waals surface area contributed by atoms with Crippen molar-refractivity contribution in [3.63, 3.8) is 0 Å². The SMILES string of the molecule is CC(C)NCCCC(=O)Cc1cc(F)ccc1F. The van der Waals surface area contributed by atoms with Gasteiger partial charge in [-0.05, 0) is 36.7 Å². The molecule has 0 atom stereocenters. The Balaban J connectivity index is 2.38. The molecule has 0 heterocycles. The lowest BCUT2D eigenvalue weighted by atomic mass is 10.0. The molecule has 0 aliphatic carbocycles. The summed E-state index contributed by atoms with van der Waals surface area (Å²) in [7, 11) is 0. The van der Waals surface area contributed by atoms with Crippen LogP contribution in [0.4, 0.5) is 8.78 Å². The molecule has 2 nitrogen and oxygen atoms in total. The normalized spacial score (nSPS) is 10.9. The van der Waals surface area contributed by atoms with Gasteiger partial charge in [-0.2, -0.15) is 0 Å². The third-order valence-electron chi connectivity index (χ3n) is 2.58. The first-order valence-corrected chi connectivity index (χ1v) is 6.18. The van der Waals surface area contributed by atoms with Crippen molar-refractivity contribution < 1.29 is 13.6 Å². The first kappa shape index (κ1) is 14.8. The standard InChI is InChI=1S/C14H19F2NO/c1-10(2)17-7-3-4-13(18)9-11-8-12(15)5-6-14(11)16/h5-6,8,10,17H,3-4,7,9H2,1-2H3. The Kier molecular flexibility index (Phi) is 5.92. The number of Topliss-reactive ketones (excluding diaryl/α,β-unsaturated/α-hetero) is 1. The van der Waals surface area contributed by atoms with Crippen LogP contribution in [-0.4, -0.2) is 18.4 Å². The fourth-order valence-corrected chi connectivity index (χ4v) is 1.66. The minimum Gasteiger partial charge on any atom is -0.315 e. The maximum absolute atomic E-state index is 13.3. The number of halogens is 2. The minimum atomic E-state index is -0.523. The van der Waals surface area contributed by atoms with Gasteiger partial charge in [0.2, 0.25) is 0 Å². The summed E-state index contributed by atoms with van der Waals surface area (Å²) in [6.45, 7) is 4.82. The summed E-state index contributed by atoms with van der Waals surface area (Å²) >= 11 is 0. The Bertz CT molecular complexity index is 405. The van der Waals surface area contributed by atoms with Crippen LogP contribution in [0.25, 0.3) is 0 Å². The average molecular weight is 255 g/mol. The molecule has 1 rings (SSSR count). The number of hydrogen-bond donors (Lipinski definition) is 1. The predicted molar refractivity (Wildman–Crippen MR) is 67.4 cm³/mol. The third-order valence-corrected chi connectivity index (χ3v) is 2.58. The van der Waals surface area contributed by atoms with E-state index in [1.54, 1.807) is 0 Å². The van der Waals surface area contributed by atoms with Gasteiger partial charge >= 0.3 is 0 Å². The molecule has 0 radical (unpaired) electrons. The second-order valence-electron chi connectivity index (χ2n) is 4.66. The fraction of sp³-hybridized carbons (Fsp3) is 0.500. The molecule has 0 bridgehead atoms. The molecule has 1 N–H and O–H groups in total. The first-order valence-electron chi connectivity index (χ1n) is 6.18. The van der Waals surface area contributed by atoms with Crippen LogP contribution in [0.1, 0.15) is 32.3 Å². The number of rotatable bonds is 7. The summed E-state index contributed by atoms with van der Waals surface area (Å²) in [5.74, 6) is -1.10. The monoisotopic (exact) mass is 255 g/mol. The number of benzene rings is 1. The van der Waals surface area contributed by atoms with Crippen molar-refractivity contribution in [1.82, 2.24) is 5.32 Å². The van der Waals surface area contributed by atoms with Crippen molar-refractivity contribution in [2.24, 2.45) is 0 Å². The van der Waals surface area contributed by atoms with Crippen LogP contribution in [-0.2, 0) is 11.2 Å². The Morgan fingerprint density at radius 2 is 2.06 bits per heavy atom. The first-order chi connectivity index (χ1) is 8.49. The Morgan fingerprint density at radius 3 is 2.72 bits per heavy atom. The fourth-order valence-electron chi connectivity index (χ4n) is 1.66. The summed E-state index contributed by atoms with van der Waals surface area (Å²) < 4.78 is 26.2. The molecule has 0 aliphatic heterocycles. The molecule has 18 heavy (non-hydrogen) atoms. The zero-order valence-corrected chi connectivity index (χ0v) is 10.8. The molecule has 0 spiro atoms. The molecule has 100 valence electrons. The molecule has 1 aromatic carbocycles. The van der Waals surface area contributed by atoms with Gasteiger partial charge in [0.15, 0.2) is 0 Å². The molecule has 4 heteroatoms. The molecule has 1 aromatic rings. The largest absolute Gasteiger partial charge is 0.315 e. The molecular weight excluding hydrogens is 236 g/mol. The van der Waals surface area contributed by atoms with E-state index in [0.29, 0.717) is 18.9 Å². The molecule has 0 aliphatic rings. The van der Waals surface area contributed by atoms with Crippen molar-refractivity contribution in [3.05, 3.63) is 35.4 Å². The van der Waals surface area contributed by atoms with E-state index >= 15 is 0 Å². The predicted octanol–water partition coefficient (Wildman–Crippen LogP) is 2.85. The van der Waals surface area contributed by atoms with Crippen LogP contribution in [0.2, 0.25) is 0 Å². The minimum absolute atomic E-state index is 0.0364. The van der Waals surface area contributed by atoms with Crippen molar-refractivity contribution in [2.75, 3.05) is 6.54 Å². The van der Waals surface area contributed by atoms with Crippen molar-refractivity contribution in [1.29, 1.82) is 0 Å². The van der Waals surface area contributed by atoms with Gasteiger partial charge in [0.25, 0.3) is 0 Å². The summed E-state index contributed by atoms with van der Waals surface area (Å²) in [5, 5.41) is 3.20. The smallest absolute Gasteiger partial charge is 0.137 e. The van der Waals surface area contributed by atoms with Gasteiger partial charge in [0.1, 0.15) is 17.4 Å². The average Bonchev–Trinajstić information content (AvgIpc) is 2.29. The van der Waals surface area contributed by atoms with Crippen molar-refractivity contribution in [2.45, 2.75) is 39.2 Å². The molecule has 0 saturated carbocycles. The summed E-state index contributed by atoms with van der Waals surface area (Å²) in [4.78, 5) is 11.6. The second kappa shape index (κ2) is 7.21. The highest BCUT2D eigenvalue weighted by Crippen LogP contribution is 2.11. The van der Waals surface area contributed by atoms with E-state index in [1.807, 2.05) is 13.8 Å². The zero-order valence-electron chi connectivity index (χ0n) is 10.8. The van der Waals surface area contributed by atoms with Gasteiger partial charge in [-0.1, -0.05) is 13.8 Å². The van der Waals surface area contributed by atoms with E-state index in [4.69, 9.17) is 0 Å². The number of ketones is 1. The number of nitrogens with one attached hydrogen (secondary N) is 1. The van der Waals surface area contributed by atoms with Crippen LogP contribution in [0.3, 0.4) is 0 Å². The van der Waals surface area contributed by atoms with Gasteiger partial charge in [0, 0.05) is 18.9 Å². The highest BCUT2D eigenvalue weighted by molar-refractivity contribution is 5.80. The summed E-state index contributed by atoms with van der Waals surface area (Å²) in [5.41, 5.74) is 0.136. The lowest BCUT2D eigenvalue weighted by Crippen LogP contribution is -2.24. The summed E-state index contributed by atoms with van der Waals surface area (Å²) in [6.07, 6.45) is 1.06. The van der Waals surface area contributed by atoms with Gasteiger partial charge in [0.05, 0.1) is 0 Å². The third kappa shape index (κ3) is 5.36. The second-order valence-corrected chi connectivity index (χ2v) is 4.66. The lowest BCUT2D eigenvalue weighted by Gasteiger charge is -2.07. The molecule has 0 unspecified atom stereocenters. The maximum Gasteiger partial charge on any atom is 0.137 e. The van der Waals surface area contributed by atoms with Crippen LogP contribution in [0, 0.1) is 11.6 Å². The van der Waals surface area contributed by atoms with Gasteiger partial charge in [-0.25, -0.2) is 8.78 Å². The molecule has 0 amide bonds. The topological polar surface area (TPSA) is 29.1 Å². The van der Waals surface area contributed by atoms with Crippen molar-refractivity contribution in [3.8, 4) is 0 Å². The Labute approximate surface area is 106 Å². The van der Waals surface area contributed by atoms with E-state index in [0.717, 1.165) is 24.7 Å². The van der Waals surface area contributed by atoms with Crippen LogP contribution < -0.4 is 5.32 Å². The zero-order chi connectivity index (χ0) is 13.5. The molecule has 0 saturated heterocycles.